The van der Waals surface area contributed by atoms with Crippen molar-refractivity contribution in [2.75, 3.05) is 6.54 Å². The lowest BCUT2D eigenvalue weighted by molar-refractivity contribution is -0.285. The van der Waals surface area contributed by atoms with Gasteiger partial charge in [-0.3, -0.25) is 5.21 Å². The molecule has 0 aliphatic carbocycles. The second-order valence-electron chi connectivity index (χ2n) is 3.27. The number of alkyl halides is 3. The summed E-state index contributed by atoms with van der Waals surface area (Å²) < 4.78 is 37.8. The number of nitrogens with zero attached hydrogens (tertiary/aromatic N) is 1. The van der Waals surface area contributed by atoms with Gasteiger partial charge in [0.1, 0.15) is 0 Å². The van der Waals surface area contributed by atoms with Crippen LogP contribution in [0.15, 0.2) is 35.9 Å². The molecule has 0 bridgehead atoms. The lowest BCUT2D eigenvalue weighted by Gasteiger charge is -2.07. The number of hydrogen-bond donors (Lipinski definition) is 1. The first-order valence-corrected chi connectivity index (χ1v) is 4.48. The van der Waals surface area contributed by atoms with E-state index < -0.39 is 18.3 Å². The van der Waals surface area contributed by atoms with Crippen LogP contribution in [0.1, 0.15) is 5.56 Å². The summed E-state index contributed by atoms with van der Waals surface area (Å²) in [7, 11) is 0. The van der Waals surface area contributed by atoms with Crippen molar-refractivity contribution in [1.82, 2.24) is 5.23 Å². The highest BCUT2D eigenvalue weighted by Crippen LogP contribution is 2.37. The Kier molecular flexibility index (Phi) is 2.61. The Labute approximate surface area is 89.3 Å². The molecule has 0 radical (unpaired) electrons. The smallest absolute Gasteiger partial charge is 0.379 e. The number of halogens is 3. The summed E-state index contributed by atoms with van der Waals surface area (Å²) in [6, 6.07) is 7.85. The van der Waals surface area contributed by atoms with Gasteiger partial charge in [-0.2, -0.15) is 13.2 Å². The molecule has 0 saturated carbocycles. The molecule has 0 fully saturated rings. The third kappa shape index (κ3) is 2.02. The molecule has 0 amide bonds. The quantitative estimate of drug-likeness (QED) is 0.806. The van der Waals surface area contributed by atoms with Gasteiger partial charge in [-0.05, 0) is 5.23 Å². The van der Waals surface area contributed by atoms with Crippen molar-refractivity contribution in [3.8, 4) is 0 Å². The molecule has 1 N–H and O–H groups in total. The standard InChI is InChI=1S/C10H8F3NO2/c11-10(12,13)8-6-14(15)16-9(8)7-4-2-1-3-5-7/h1-5,15H,6H2. The van der Waals surface area contributed by atoms with Gasteiger partial charge >= 0.3 is 6.18 Å². The van der Waals surface area contributed by atoms with Crippen LogP contribution in [-0.2, 0) is 4.84 Å². The Hall–Kier alpha value is -1.53. The Bertz CT molecular complexity index is 414. The highest BCUT2D eigenvalue weighted by molar-refractivity contribution is 5.65. The molecule has 0 saturated heterocycles. The molecule has 0 atom stereocenters. The maximum Gasteiger partial charge on any atom is 0.417 e. The molecule has 1 aromatic carbocycles. The van der Waals surface area contributed by atoms with Crippen LogP contribution < -0.4 is 0 Å². The van der Waals surface area contributed by atoms with Crippen LogP contribution >= 0.6 is 0 Å². The van der Waals surface area contributed by atoms with Gasteiger partial charge in [0.25, 0.3) is 0 Å². The van der Waals surface area contributed by atoms with Crippen molar-refractivity contribution >= 4 is 5.76 Å². The number of hydrogen-bond acceptors (Lipinski definition) is 3. The zero-order chi connectivity index (χ0) is 11.8. The van der Waals surface area contributed by atoms with E-state index in [-0.39, 0.29) is 16.5 Å². The molecule has 16 heavy (non-hydrogen) atoms. The van der Waals surface area contributed by atoms with Crippen molar-refractivity contribution in [3.05, 3.63) is 41.5 Å². The zero-order valence-corrected chi connectivity index (χ0v) is 8.03. The Morgan fingerprint density at radius 1 is 1.19 bits per heavy atom. The zero-order valence-electron chi connectivity index (χ0n) is 8.03. The number of rotatable bonds is 1. The number of hydroxylamine groups is 2. The molecule has 0 unspecified atom stereocenters. The van der Waals surface area contributed by atoms with Crippen molar-refractivity contribution < 1.29 is 23.2 Å². The van der Waals surface area contributed by atoms with Crippen molar-refractivity contribution in [2.24, 2.45) is 0 Å². The van der Waals surface area contributed by atoms with Crippen molar-refractivity contribution in [1.29, 1.82) is 0 Å². The van der Waals surface area contributed by atoms with Crippen LogP contribution in [0.3, 0.4) is 0 Å². The lowest BCUT2D eigenvalue weighted by atomic mass is 10.1. The van der Waals surface area contributed by atoms with Crippen LogP contribution in [0.5, 0.6) is 0 Å². The van der Waals surface area contributed by atoms with E-state index in [2.05, 4.69) is 4.84 Å². The predicted octanol–water partition coefficient (Wildman–Crippen LogP) is 2.60. The second kappa shape index (κ2) is 3.80. The van der Waals surface area contributed by atoms with Crippen LogP contribution in [-0.4, -0.2) is 23.2 Å². The summed E-state index contributed by atoms with van der Waals surface area (Å²) in [6.45, 7) is -0.687. The highest BCUT2D eigenvalue weighted by Gasteiger charge is 2.43. The van der Waals surface area contributed by atoms with Gasteiger partial charge in [-0.15, -0.1) is 0 Å². The van der Waals surface area contributed by atoms with Gasteiger partial charge in [0, 0.05) is 5.56 Å². The minimum Gasteiger partial charge on any atom is -0.379 e. The van der Waals surface area contributed by atoms with E-state index in [1.54, 1.807) is 18.2 Å². The van der Waals surface area contributed by atoms with Gasteiger partial charge in [-0.1, -0.05) is 30.3 Å². The Morgan fingerprint density at radius 2 is 1.81 bits per heavy atom. The third-order valence-corrected chi connectivity index (χ3v) is 2.14. The first-order chi connectivity index (χ1) is 7.48. The monoisotopic (exact) mass is 231 g/mol. The molecule has 86 valence electrons. The summed E-state index contributed by atoms with van der Waals surface area (Å²) in [4.78, 5) is 4.63. The fourth-order valence-corrected chi connectivity index (χ4v) is 1.43. The molecule has 0 aromatic heterocycles. The van der Waals surface area contributed by atoms with Crippen molar-refractivity contribution in [3.63, 3.8) is 0 Å². The summed E-state index contributed by atoms with van der Waals surface area (Å²) >= 11 is 0. The lowest BCUT2D eigenvalue weighted by Crippen LogP contribution is -2.20. The van der Waals surface area contributed by atoms with Gasteiger partial charge in [0.15, 0.2) is 5.76 Å². The molecule has 1 aliphatic rings. The largest absolute Gasteiger partial charge is 0.417 e. The van der Waals surface area contributed by atoms with Crippen LogP contribution in [0, 0.1) is 0 Å². The first-order valence-electron chi connectivity index (χ1n) is 4.48. The average molecular weight is 231 g/mol. The van der Waals surface area contributed by atoms with E-state index in [0.29, 0.717) is 0 Å². The van der Waals surface area contributed by atoms with Gasteiger partial charge in [-0.25, -0.2) is 0 Å². The maximum atomic E-state index is 12.6. The summed E-state index contributed by atoms with van der Waals surface area (Å²) in [5, 5.41) is 9.14. The number of benzene rings is 1. The minimum absolute atomic E-state index is 0.172. The molecule has 3 nitrogen and oxygen atoms in total. The summed E-state index contributed by atoms with van der Waals surface area (Å²) in [5.74, 6) is -0.351. The third-order valence-electron chi connectivity index (χ3n) is 2.14. The Balaban J connectivity index is 2.44. The predicted molar refractivity (Wildman–Crippen MR) is 49.0 cm³/mol. The fraction of sp³-hybridized carbons (Fsp3) is 0.200. The molecular formula is C10H8F3NO2. The fourth-order valence-electron chi connectivity index (χ4n) is 1.43. The SMILES string of the molecule is ON1CC(C(F)(F)F)=C(c2ccccc2)O1. The minimum atomic E-state index is -4.51. The first kappa shape index (κ1) is 11.0. The van der Waals surface area contributed by atoms with E-state index in [9.17, 15) is 13.2 Å². The van der Waals surface area contributed by atoms with E-state index in [0.717, 1.165) is 0 Å². The highest BCUT2D eigenvalue weighted by atomic mass is 19.4. The van der Waals surface area contributed by atoms with E-state index in [4.69, 9.17) is 5.21 Å². The summed E-state index contributed by atoms with van der Waals surface area (Å²) in [6.07, 6.45) is -4.51. The molecule has 6 heteroatoms. The van der Waals surface area contributed by atoms with Gasteiger partial charge in [0.2, 0.25) is 0 Å². The van der Waals surface area contributed by atoms with E-state index >= 15 is 0 Å². The molecule has 1 heterocycles. The van der Waals surface area contributed by atoms with Crippen LogP contribution in [0.25, 0.3) is 5.76 Å². The van der Waals surface area contributed by atoms with E-state index in [1.807, 2.05) is 0 Å². The Morgan fingerprint density at radius 3 is 2.38 bits per heavy atom. The second-order valence-corrected chi connectivity index (χ2v) is 3.27. The summed E-state index contributed by atoms with van der Waals surface area (Å²) in [5.41, 5.74) is -0.604. The molecule has 2 rings (SSSR count). The van der Waals surface area contributed by atoms with Gasteiger partial charge in [0.05, 0.1) is 12.1 Å². The molecular weight excluding hydrogens is 223 g/mol. The average Bonchev–Trinajstić information content (AvgIpc) is 2.61. The topological polar surface area (TPSA) is 32.7 Å². The van der Waals surface area contributed by atoms with Crippen molar-refractivity contribution in [2.45, 2.75) is 6.18 Å². The normalized spacial score (nSPS) is 17.8. The molecule has 1 aromatic rings. The maximum absolute atomic E-state index is 12.6. The molecule has 0 spiro atoms. The van der Waals surface area contributed by atoms with E-state index in [1.165, 1.54) is 12.1 Å². The van der Waals surface area contributed by atoms with Crippen LogP contribution in [0.2, 0.25) is 0 Å². The van der Waals surface area contributed by atoms with Gasteiger partial charge < -0.3 is 4.84 Å². The van der Waals surface area contributed by atoms with Crippen LogP contribution in [0.4, 0.5) is 13.2 Å². The molecule has 1 aliphatic heterocycles.